The molecule has 0 bridgehead atoms. The Bertz CT molecular complexity index is 3850. The van der Waals surface area contributed by atoms with Crippen LogP contribution in [0.5, 0.6) is 0 Å². The van der Waals surface area contributed by atoms with Gasteiger partial charge in [-0.2, -0.15) is 0 Å². The second kappa shape index (κ2) is 16.4. The minimum absolute atomic E-state index is 0.631. The number of fused-ring (bicyclic) bond motifs is 4. The van der Waals surface area contributed by atoms with E-state index in [0.717, 1.165) is 33.4 Å². The van der Waals surface area contributed by atoms with Crippen molar-refractivity contribution in [3.63, 3.8) is 0 Å². The predicted octanol–water partition coefficient (Wildman–Crippen LogP) is 17.2. The first-order valence-electron chi connectivity index (χ1n) is 23.2. The molecule has 0 radical (unpaired) electrons. The van der Waals surface area contributed by atoms with Crippen LogP contribution in [-0.2, 0) is 0 Å². The average molecular weight is 864 g/mol. The predicted molar refractivity (Wildman–Crippen MR) is 283 cm³/mol. The van der Waals surface area contributed by atoms with Crippen molar-refractivity contribution in [2.45, 2.75) is 0 Å². The summed E-state index contributed by atoms with van der Waals surface area (Å²) in [6, 6.07) is 89.0. The largest absolute Gasteiger partial charge is 0.208 e. The van der Waals surface area contributed by atoms with Crippen LogP contribution in [0.15, 0.2) is 249 Å². The molecule has 0 atom stereocenters. The van der Waals surface area contributed by atoms with Gasteiger partial charge < -0.3 is 0 Å². The van der Waals surface area contributed by atoms with E-state index in [1.807, 2.05) is 36.4 Å². The lowest BCUT2D eigenvalue weighted by atomic mass is 9.91. The van der Waals surface area contributed by atoms with Crippen molar-refractivity contribution in [3.8, 4) is 112 Å². The molecule has 68 heavy (non-hydrogen) atoms. The van der Waals surface area contributed by atoms with Crippen LogP contribution in [0.4, 0.5) is 0 Å². The average Bonchev–Trinajstić information content (AvgIpc) is 3.75. The third-order valence-corrected chi connectivity index (χ3v) is 13.5. The maximum Gasteiger partial charge on any atom is 0.164 e. The Morgan fingerprint density at radius 1 is 0.191 bits per heavy atom. The molecule has 316 valence electrons. The lowest BCUT2D eigenvalue weighted by Crippen LogP contribution is -2.00. The van der Waals surface area contributed by atoms with E-state index < -0.39 is 0 Å². The van der Waals surface area contributed by atoms with Gasteiger partial charge in [0.1, 0.15) is 0 Å². The molecule has 3 heteroatoms. The summed E-state index contributed by atoms with van der Waals surface area (Å²) in [5, 5.41) is 5.05. The van der Waals surface area contributed by atoms with E-state index in [-0.39, 0.29) is 0 Å². The molecule has 0 fully saturated rings. The van der Waals surface area contributed by atoms with Crippen LogP contribution in [0.25, 0.3) is 134 Å². The summed E-state index contributed by atoms with van der Waals surface area (Å²) in [4.78, 5) is 15.2. The lowest BCUT2D eigenvalue weighted by molar-refractivity contribution is 1.07. The number of nitrogens with zero attached hydrogens (tertiary/aromatic N) is 3. The molecule has 0 saturated carbocycles. The van der Waals surface area contributed by atoms with E-state index in [1.165, 1.54) is 82.7 Å². The van der Waals surface area contributed by atoms with Crippen LogP contribution in [0.3, 0.4) is 0 Å². The highest BCUT2D eigenvalue weighted by Crippen LogP contribution is 2.48. The number of aromatic nitrogens is 3. The Morgan fingerprint density at radius 2 is 0.574 bits per heavy atom. The van der Waals surface area contributed by atoms with E-state index in [9.17, 15) is 0 Å². The summed E-state index contributed by atoms with van der Waals surface area (Å²) in [5.74, 6) is 1.91. The Balaban J connectivity index is 0.793. The Labute approximate surface area is 395 Å². The van der Waals surface area contributed by atoms with Crippen LogP contribution in [0.2, 0.25) is 0 Å². The van der Waals surface area contributed by atoms with Crippen molar-refractivity contribution in [2.24, 2.45) is 0 Å². The van der Waals surface area contributed by atoms with Crippen molar-refractivity contribution in [2.75, 3.05) is 0 Å². The summed E-state index contributed by atoms with van der Waals surface area (Å²) in [7, 11) is 0. The van der Waals surface area contributed by atoms with Crippen molar-refractivity contribution < 1.29 is 0 Å². The maximum atomic E-state index is 5.10. The highest BCUT2D eigenvalue weighted by molar-refractivity contribution is 6.15. The minimum atomic E-state index is 0.631. The third-order valence-electron chi connectivity index (χ3n) is 13.5. The van der Waals surface area contributed by atoms with Crippen LogP contribution >= 0.6 is 0 Å². The zero-order valence-corrected chi connectivity index (χ0v) is 37.0. The molecular formula is C65H41N3. The Hall–Kier alpha value is -9.05. The zero-order chi connectivity index (χ0) is 45.0. The van der Waals surface area contributed by atoms with E-state index >= 15 is 0 Å². The van der Waals surface area contributed by atoms with Crippen molar-refractivity contribution in [1.29, 1.82) is 0 Å². The summed E-state index contributed by atoms with van der Waals surface area (Å²) < 4.78 is 0. The molecule has 0 aliphatic heterocycles. The SMILES string of the molecule is c1ccc(-c2ccc(-c3nc(-c4ccccc4)nc(-c4cccc(-c5cccc6c(-c7ccc(-c8ccc(-c9ccc%10c(c9)-c9cccc%11cccc-%10c9%11)cc8)cc7)cccc56)c4)n3)cc2)cc1. The molecule has 13 rings (SSSR count). The van der Waals surface area contributed by atoms with Gasteiger partial charge in [-0.25, -0.2) is 15.0 Å². The Morgan fingerprint density at radius 3 is 1.18 bits per heavy atom. The number of hydrogen-bond donors (Lipinski definition) is 0. The maximum absolute atomic E-state index is 5.10. The fourth-order valence-corrected chi connectivity index (χ4v) is 10.1. The van der Waals surface area contributed by atoms with Crippen LogP contribution in [0.1, 0.15) is 0 Å². The molecule has 1 heterocycles. The molecule has 0 N–H and O–H groups in total. The molecule has 1 aliphatic rings. The highest BCUT2D eigenvalue weighted by atomic mass is 15.0. The van der Waals surface area contributed by atoms with Crippen molar-refractivity contribution in [3.05, 3.63) is 249 Å². The smallest absolute Gasteiger partial charge is 0.164 e. The van der Waals surface area contributed by atoms with Crippen LogP contribution < -0.4 is 0 Å². The van der Waals surface area contributed by atoms with E-state index in [1.54, 1.807) is 0 Å². The molecule has 11 aromatic carbocycles. The normalized spacial score (nSPS) is 11.5. The number of benzene rings is 11. The second-order valence-electron chi connectivity index (χ2n) is 17.5. The zero-order valence-electron chi connectivity index (χ0n) is 37.0. The molecule has 0 unspecified atom stereocenters. The van der Waals surface area contributed by atoms with E-state index in [2.05, 4.69) is 212 Å². The van der Waals surface area contributed by atoms with E-state index in [4.69, 9.17) is 15.0 Å². The van der Waals surface area contributed by atoms with Gasteiger partial charge in [0.15, 0.2) is 17.5 Å². The molecule has 1 aliphatic carbocycles. The first-order valence-corrected chi connectivity index (χ1v) is 23.2. The van der Waals surface area contributed by atoms with Gasteiger partial charge in [-0.3, -0.25) is 0 Å². The third kappa shape index (κ3) is 6.97. The van der Waals surface area contributed by atoms with Gasteiger partial charge in [-0.1, -0.05) is 237 Å². The second-order valence-corrected chi connectivity index (χ2v) is 17.5. The van der Waals surface area contributed by atoms with Crippen molar-refractivity contribution in [1.82, 2.24) is 15.0 Å². The standard InChI is InChI=1S/C65H41N3/c1-3-12-42(13-4-1)43-32-36-50(37-33-43)64-66-63(49-14-5-2-6-15-49)67-65(68-64)53-19-7-18-52(40-53)55-21-11-22-56-54(20-10-23-57(55)56)47-34-30-45(31-35-47)44-26-28-46(29-27-44)51-38-39-58-59-24-8-16-48-17-9-25-60(62(48)59)61(58)41-51/h1-41H. The molecule has 0 amide bonds. The van der Waals surface area contributed by atoms with Crippen LogP contribution in [-0.4, -0.2) is 15.0 Å². The summed E-state index contributed by atoms with van der Waals surface area (Å²) >= 11 is 0. The van der Waals surface area contributed by atoms with Gasteiger partial charge in [0.25, 0.3) is 0 Å². The molecule has 1 aromatic heterocycles. The first-order chi connectivity index (χ1) is 33.7. The lowest BCUT2D eigenvalue weighted by Gasteiger charge is -2.13. The van der Waals surface area contributed by atoms with Gasteiger partial charge in [-0.05, 0) is 112 Å². The Kier molecular flexibility index (Phi) is 9.50. The van der Waals surface area contributed by atoms with Gasteiger partial charge in [0.2, 0.25) is 0 Å². The number of hydrogen-bond acceptors (Lipinski definition) is 3. The van der Waals surface area contributed by atoms with Gasteiger partial charge in [-0.15, -0.1) is 0 Å². The minimum Gasteiger partial charge on any atom is -0.208 e. The summed E-state index contributed by atoms with van der Waals surface area (Å²) in [6.45, 7) is 0. The molecule has 0 spiro atoms. The van der Waals surface area contributed by atoms with Gasteiger partial charge in [0.05, 0.1) is 0 Å². The fraction of sp³-hybridized carbons (Fsp3) is 0. The molecule has 3 nitrogen and oxygen atoms in total. The van der Waals surface area contributed by atoms with E-state index in [0.29, 0.717) is 17.5 Å². The highest BCUT2D eigenvalue weighted by Gasteiger charge is 2.22. The first kappa shape index (κ1) is 39.3. The molecule has 12 aromatic rings. The quantitative estimate of drug-likeness (QED) is 0.153. The topological polar surface area (TPSA) is 38.7 Å². The number of rotatable bonds is 8. The van der Waals surface area contributed by atoms with Crippen molar-refractivity contribution >= 4 is 21.5 Å². The summed E-state index contributed by atoms with van der Waals surface area (Å²) in [6.07, 6.45) is 0. The summed E-state index contributed by atoms with van der Waals surface area (Å²) in [5.41, 5.74) is 19.9. The monoisotopic (exact) mass is 863 g/mol. The molecular weight excluding hydrogens is 823 g/mol. The van der Waals surface area contributed by atoms with Gasteiger partial charge >= 0.3 is 0 Å². The van der Waals surface area contributed by atoms with Crippen LogP contribution in [0, 0.1) is 0 Å². The molecule has 0 saturated heterocycles. The van der Waals surface area contributed by atoms with Gasteiger partial charge in [0, 0.05) is 16.7 Å². The fourth-order valence-electron chi connectivity index (χ4n) is 10.1.